The summed E-state index contributed by atoms with van der Waals surface area (Å²) >= 11 is 6.13. The molecule has 0 radical (unpaired) electrons. The number of halogens is 1. The zero-order valence-electron chi connectivity index (χ0n) is 12.6. The molecule has 1 aliphatic rings. The molecule has 0 amide bonds. The smallest absolute Gasteiger partial charge is 0.336 e. The Morgan fingerprint density at radius 1 is 1.08 bits per heavy atom. The van der Waals surface area contributed by atoms with Crippen molar-refractivity contribution in [1.82, 2.24) is 0 Å². The standard InChI is InChI=1S/C19H11ClO4/c1-10-8-16(21)24-19-12(10)6-7-14-17(19)18(22)15(23-14)9-11-4-2-3-5-13(11)20/h2-9H,1H3. The minimum atomic E-state index is -0.496. The van der Waals surface area contributed by atoms with Crippen LogP contribution in [0.1, 0.15) is 21.5 Å². The lowest BCUT2D eigenvalue weighted by molar-refractivity contribution is 0.101. The fourth-order valence-electron chi connectivity index (χ4n) is 2.78. The summed E-state index contributed by atoms with van der Waals surface area (Å²) in [5.41, 5.74) is 1.46. The number of ether oxygens (including phenoxy) is 1. The number of carbonyl (C=O) groups is 1. The van der Waals surface area contributed by atoms with Gasteiger partial charge in [0.15, 0.2) is 11.3 Å². The van der Waals surface area contributed by atoms with Crippen LogP contribution in [-0.4, -0.2) is 5.78 Å². The number of rotatable bonds is 1. The van der Waals surface area contributed by atoms with Crippen molar-refractivity contribution in [3.05, 3.63) is 80.4 Å². The monoisotopic (exact) mass is 338 g/mol. The van der Waals surface area contributed by atoms with E-state index in [-0.39, 0.29) is 22.7 Å². The molecule has 0 fully saturated rings. The molecule has 1 aromatic heterocycles. The molecule has 1 aliphatic heterocycles. The number of benzene rings is 2. The number of aryl methyl sites for hydroxylation is 1. The van der Waals surface area contributed by atoms with E-state index in [2.05, 4.69) is 0 Å². The Morgan fingerprint density at radius 2 is 1.88 bits per heavy atom. The minimum absolute atomic E-state index is 0.148. The first kappa shape index (κ1) is 14.7. The van der Waals surface area contributed by atoms with Gasteiger partial charge >= 0.3 is 5.63 Å². The van der Waals surface area contributed by atoms with Gasteiger partial charge in [0.25, 0.3) is 0 Å². The van der Waals surface area contributed by atoms with Gasteiger partial charge < -0.3 is 9.15 Å². The molecule has 0 N–H and O–H groups in total. The van der Waals surface area contributed by atoms with Gasteiger partial charge in [-0.1, -0.05) is 29.8 Å². The number of carbonyl (C=O) groups excluding carboxylic acids is 1. The molecule has 24 heavy (non-hydrogen) atoms. The van der Waals surface area contributed by atoms with Crippen LogP contribution in [0.15, 0.2) is 57.4 Å². The number of Topliss-reactive ketones (excluding diaryl/α,β-unsaturated/α-hetero) is 1. The van der Waals surface area contributed by atoms with E-state index in [9.17, 15) is 9.59 Å². The molecule has 4 nitrogen and oxygen atoms in total. The van der Waals surface area contributed by atoms with Crippen molar-refractivity contribution in [2.75, 3.05) is 0 Å². The van der Waals surface area contributed by atoms with Crippen molar-refractivity contribution in [2.24, 2.45) is 0 Å². The molecule has 0 saturated carbocycles. The summed E-state index contributed by atoms with van der Waals surface area (Å²) in [7, 11) is 0. The van der Waals surface area contributed by atoms with Gasteiger partial charge in [-0.2, -0.15) is 0 Å². The highest BCUT2D eigenvalue weighted by atomic mass is 35.5. The van der Waals surface area contributed by atoms with Gasteiger partial charge in [0.1, 0.15) is 11.3 Å². The number of hydrogen-bond donors (Lipinski definition) is 0. The number of fused-ring (bicyclic) bond motifs is 3. The molecule has 0 saturated heterocycles. The lowest BCUT2D eigenvalue weighted by Crippen LogP contribution is -2.02. The normalized spacial score (nSPS) is 14.9. The molecular formula is C19H11ClO4. The Morgan fingerprint density at radius 3 is 2.67 bits per heavy atom. The fourth-order valence-corrected chi connectivity index (χ4v) is 2.97. The van der Waals surface area contributed by atoms with E-state index in [1.54, 1.807) is 43.3 Å². The van der Waals surface area contributed by atoms with E-state index >= 15 is 0 Å². The van der Waals surface area contributed by atoms with Crippen LogP contribution in [0.5, 0.6) is 5.75 Å². The summed E-state index contributed by atoms with van der Waals surface area (Å²) in [6.07, 6.45) is 1.59. The lowest BCUT2D eigenvalue weighted by atomic mass is 10.0. The topological polar surface area (TPSA) is 56.5 Å². The highest BCUT2D eigenvalue weighted by Gasteiger charge is 2.31. The third-order valence-electron chi connectivity index (χ3n) is 3.94. The van der Waals surface area contributed by atoms with Crippen LogP contribution < -0.4 is 10.4 Å². The highest BCUT2D eigenvalue weighted by Crippen LogP contribution is 2.37. The first-order valence-electron chi connectivity index (χ1n) is 7.31. The van der Waals surface area contributed by atoms with E-state index in [0.717, 1.165) is 5.56 Å². The Kier molecular flexibility index (Phi) is 3.28. The molecule has 0 spiro atoms. The number of hydrogen-bond acceptors (Lipinski definition) is 4. The van der Waals surface area contributed by atoms with Crippen LogP contribution >= 0.6 is 11.6 Å². The van der Waals surface area contributed by atoms with Crippen molar-refractivity contribution in [1.29, 1.82) is 0 Å². The first-order chi connectivity index (χ1) is 11.5. The van der Waals surface area contributed by atoms with E-state index in [0.29, 0.717) is 21.7 Å². The maximum absolute atomic E-state index is 12.8. The van der Waals surface area contributed by atoms with E-state index in [1.807, 2.05) is 6.07 Å². The Balaban J connectivity index is 1.91. The predicted molar refractivity (Wildman–Crippen MR) is 91.6 cm³/mol. The molecule has 2 aromatic carbocycles. The average Bonchev–Trinajstić information content (AvgIpc) is 2.86. The molecule has 0 unspecified atom stereocenters. The molecule has 5 heteroatoms. The van der Waals surface area contributed by atoms with E-state index in [1.165, 1.54) is 6.07 Å². The van der Waals surface area contributed by atoms with Crippen molar-refractivity contribution < 1.29 is 13.9 Å². The third kappa shape index (κ3) is 2.23. The third-order valence-corrected chi connectivity index (χ3v) is 4.29. The van der Waals surface area contributed by atoms with Crippen LogP contribution in [0.25, 0.3) is 17.0 Å². The molecule has 3 aromatic rings. The van der Waals surface area contributed by atoms with Crippen LogP contribution in [0.4, 0.5) is 0 Å². The molecule has 0 atom stereocenters. The van der Waals surface area contributed by atoms with E-state index < -0.39 is 5.63 Å². The fraction of sp³-hybridized carbons (Fsp3) is 0.0526. The van der Waals surface area contributed by atoms with Gasteiger partial charge in [-0.3, -0.25) is 4.79 Å². The van der Waals surface area contributed by atoms with Gasteiger partial charge in [0.2, 0.25) is 5.78 Å². The van der Waals surface area contributed by atoms with Gasteiger partial charge in [0, 0.05) is 16.5 Å². The quantitative estimate of drug-likeness (QED) is 0.488. The molecule has 0 bridgehead atoms. The maximum Gasteiger partial charge on any atom is 0.336 e. The van der Waals surface area contributed by atoms with Crippen LogP contribution in [0.3, 0.4) is 0 Å². The van der Waals surface area contributed by atoms with Crippen LogP contribution in [0.2, 0.25) is 5.02 Å². The van der Waals surface area contributed by atoms with Gasteiger partial charge in [-0.15, -0.1) is 0 Å². The summed E-state index contributed by atoms with van der Waals surface area (Å²) in [6.45, 7) is 1.80. The molecule has 0 aliphatic carbocycles. The van der Waals surface area contributed by atoms with Gasteiger partial charge in [-0.05, 0) is 42.3 Å². The number of ketones is 1. The maximum atomic E-state index is 12.8. The Hall–Kier alpha value is -2.85. The summed E-state index contributed by atoms with van der Waals surface area (Å²) in [5.74, 6) is 0.193. The second-order valence-electron chi connectivity index (χ2n) is 5.53. The summed E-state index contributed by atoms with van der Waals surface area (Å²) in [5, 5.41) is 1.23. The zero-order valence-corrected chi connectivity index (χ0v) is 13.4. The van der Waals surface area contributed by atoms with Crippen LogP contribution in [-0.2, 0) is 0 Å². The number of allylic oxidation sites excluding steroid dienone is 1. The lowest BCUT2D eigenvalue weighted by Gasteiger charge is -2.03. The first-order valence-corrected chi connectivity index (χ1v) is 7.68. The largest absolute Gasteiger partial charge is 0.452 e. The molecular weight excluding hydrogens is 328 g/mol. The van der Waals surface area contributed by atoms with Crippen molar-refractivity contribution in [3.63, 3.8) is 0 Å². The molecule has 2 heterocycles. The summed E-state index contributed by atoms with van der Waals surface area (Å²) in [4.78, 5) is 24.4. The van der Waals surface area contributed by atoms with Crippen molar-refractivity contribution in [3.8, 4) is 5.75 Å². The molecule has 4 rings (SSSR count). The second-order valence-corrected chi connectivity index (χ2v) is 5.93. The average molecular weight is 339 g/mol. The predicted octanol–water partition coefficient (Wildman–Crippen LogP) is 4.37. The minimum Gasteiger partial charge on any atom is -0.452 e. The Bertz CT molecular complexity index is 1090. The second kappa shape index (κ2) is 5.35. The van der Waals surface area contributed by atoms with Crippen molar-refractivity contribution in [2.45, 2.75) is 6.92 Å². The van der Waals surface area contributed by atoms with Gasteiger partial charge in [-0.25, -0.2) is 4.79 Å². The van der Waals surface area contributed by atoms with Crippen LogP contribution in [0, 0.1) is 6.92 Å². The van der Waals surface area contributed by atoms with Gasteiger partial charge in [0.05, 0.1) is 0 Å². The zero-order chi connectivity index (χ0) is 16.8. The molecule has 118 valence electrons. The highest BCUT2D eigenvalue weighted by molar-refractivity contribution is 6.32. The summed E-state index contributed by atoms with van der Waals surface area (Å²) in [6, 6.07) is 12.0. The SMILES string of the molecule is Cc1cc(=O)oc2c3c(ccc12)OC(=Cc1ccccc1Cl)C3=O. The van der Waals surface area contributed by atoms with Crippen molar-refractivity contribution >= 4 is 34.4 Å². The van der Waals surface area contributed by atoms with E-state index in [4.69, 9.17) is 20.8 Å². The Labute approximate surface area is 141 Å². The summed E-state index contributed by atoms with van der Waals surface area (Å²) < 4.78 is 10.9.